The number of likely N-dealkylation sites (N-methyl/N-ethyl adjacent to an activating group) is 1. The molecule has 1 aromatic rings. The lowest BCUT2D eigenvalue weighted by molar-refractivity contribution is 0.232. The van der Waals surface area contributed by atoms with Gasteiger partial charge >= 0.3 is 0 Å². The van der Waals surface area contributed by atoms with Gasteiger partial charge in [0.05, 0.1) is 7.11 Å². The molecule has 0 aliphatic rings. The Morgan fingerprint density at radius 2 is 2.19 bits per heavy atom. The number of nitrogens with two attached hydrogens (primary N) is 1. The molecule has 0 saturated carbocycles. The fraction of sp³-hybridized carbons (Fsp3) is 0.538. The molecule has 1 rings (SSSR count). The number of rotatable bonds is 6. The number of hydrogen-bond acceptors (Lipinski definition) is 3. The maximum absolute atomic E-state index is 5.73. The Bertz CT molecular complexity index is 311. The third-order valence-electron chi connectivity index (χ3n) is 2.93. The Hall–Kier alpha value is -1.06. The first-order valence-corrected chi connectivity index (χ1v) is 5.74. The summed E-state index contributed by atoms with van der Waals surface area (Å²) in [6, 6.07) is 8.61. The van der Waals surface area contributed by atoms with Crippen LogP contribution < -0.4 is 10.5 Å². The number of methoxy groups -OCH3 is 1. The first kappa shape index (κ1) is 13.0. The van der Waals surface area contributed by atoms with Gasteiger partial charge in [-0.1, -0.05) is 19.1 Å². The molecule has 1 unspecified atom stereocenters. The van der Waals surface area contributed by atoms with Crippen molar-refractivity contribution in [2.45, 2.75) is 25.9 Å². The monoisotopic (exact) mass is 222 g/mol. The number of benzene rings is 1. The van der Waals surface area contributed by atoms with Crippen LogP contribution in [0.2, 0.25) is 0 Å². The van der Waals surface area contributed by atoms with E-state index in [2.05, 4.69) is 31.0 Å². The molecular weight excluding hydrogens is 200 g/mol. The lowest BCUT2D eigenvalue weighted by atomic mass is 10.1. The minimum Gasteiger partial charge on any atom is -0.497 e. The lowest BCUT2D eigenvalue weighted by Crippen LogP contribution is -2.36. The normalized spacial score (nSPS) is 12.8. The van der Waals surface area contributed by atoms with E-state index in [0.717, 1.165) is 18.7 Å². The summed E-state index contributed by atoms with van der Waals surface area (Å²) in [5, 5.41) is 0. The van der Waals surface area contributed by atoms with Crippen LogP contribution in [-0.2, 0) is 6.54 Å². The molecule has 0 aromatic heterocycles. The van der Waals surface area contributed by atoms with Crippen LogP contribution in [0.4, 0.5) is 0 Å². The zero-order valence-electron chi connectivity index (χ0n) is 10.4. The molecular formula is C13H22N2O. The van der Waals surface area contributed by atoms with Gasteiger partial charge in [-0.2, -0.15) is 0 Å². The average Bonchev–Trinajstić information content (AvgIpc) is 2.31. The van der Waals surface area contributed by atoms with Crippen LogP contribution in [0.1, 0.15) is 18.9 Å². The fourth-order valence-corrected chi connectivity index (χ4v) is 1.85. The van der Waals surface area contributed by atoms with E-state index >= 15 is 0 Å². The maximum atomic E-state index is 5.73. The van der Waals surface area contributed by atoms with E-state index in [0.29, 0.717) is 12.6 Å². The van der Waals surface area contributed by atoms with Crippen molar-refractivity contribution in [1.29, 1.82) is 0 Å². The standard InChI is InChI=1S/C13H22N2O/c1-4-12(9-14)15(2)10-11-6-5-7-13(8-11)16-3/h5-8,12H,4,9-10,14H2,1-3H3. The topological polar surface area (TPSA) is 38.5 Å². The maximum Gasteiger partial charge on any atom is 0.119 e. The summed E-state index contributed by atoms with van der Waals surface area (Å²) in [7, 11) is 3.80. The van der Waals surface area contributed by atoms with Gasteiger partial charge in [-0.3, -0.25) is 4.90 Å². The van der Waals surface area contributed by atoms with Crippen LogP contribution in [-0.4, -0.2) is 31.6 Å². The zero-order chi connectivity index (χ0) is 12.0. The first-order valence-electron chi connectivity index (χ1n) is 5.74. The molecule has 0 bridgehead atoms. The third kappa shape index (κ3) is 3.51. The molecule has 0 fully saturated rings. The van der Waals surface area contributed by atoms with Crippen LogP contribution in [0.15, 0.2) is 24.3 Å². The molecule has 16 heavy (non-hydrogen) atoms. The highest BCUT2D eigenvalue weighted by atomic mass is 16.5. The summed E-state index contributed by atoms with van der Waals surface area (Å²) in [4.78, 5) is 2.29. The Labute approximate surface area is 98.2 Å². The van der Waals surface area contributed by atoms with Crippen molar-refractivity contribution in [3.05, 3.63) is 29.8 Å². The highest BCUT2D eigenvalue weighted by Crippen LogP contribution is 2.15. The second-order valence-electron chi connectivity index (χ2n) is 4.06. The van der Waals surface area contributed by atoms with E-state index in [9.17, 15) is 0 Å². The van der Waals surface area contributed by atoms with Gasteiger partial charge in [0.1, 0.15) is 5.75 Å². The minimum atomic E-state index is 0.450. The minimum absolute atomic E-state index is 0.450. The molecule has 3 nitrogen and oxygen atoms in total. The van der Waals surface area contributed by atoms with E-state index < -0.39 is 0 Å². The van der Waals surface area contributed by atoms with E-state index in [-0.39, 0.29) is 0 Å². The van der Waals surface area contributed by atoms with Gasteiger partial charge in [0.25, 0.3) is 0 Å². The highest BCUT2D eigenvalue weighted by molar-refractivity contribution is 5.28. The molecule has 2 N–H and O–H groups in total. The first-order chi connectivity index (χ1) is 7.71. The van der Waals surface area contributed by atoms with Gasteiger partial charge < -0.3 is 10.5 Å². The lowest BCUT2D eigenvalue weighted by Gasteiger charge is -2.25. The van der Waals surface area contributed by atoms with Gasteiger partial charge in [-0.15, -0.1) is 0 Å². The predicted octanol–water partition coefficient (Wildman–Crippen LogP) is 1.86. The van der Waals surface area contributed by atoms with E-state index in [1.54, 1.807) is 7.11 Å². The molecule has 0 amide bonds. The SMILES string of the molecule is CCC(CN)N(C)Cc1cccc(OC)c1. The summed E-state index contributed by atoms with van der Waals surface area (Å²) in [6.07, 6.45) is 1.08. The van der Waals surface area contributed by atoms with Gasteiger partial charge in [0.2, 0.25) is 0 Å². The van der Waals surface area contributed by atoms with Crippen molar-refractivity contribution >= 4 is 0 Å². The van der Waals surface area contributed by atoms with Crippen LogP contribution >= 0.6 is 0 Å². The smallest absolute Gasteiger partial charge is 0.119 e. The molecule has 90 valence electrons. The summed E-state index contributed by atoms with van der Waals surface area (Å²) < 4.78 is 5.21. The van der Waals surface area contributed by atoms with Crippen LogP contribution in [0.3, 0.4) is 0 Å². The van der Waals surface area contributed by atoms with Crippen molar-refractivity contribution in [3.8, 4) is 5.75 Å². The van der Waals surface area contributed by atoms with E-state index in [4.69, 9.17) is 10.5 Å². The van der Waals surface area contributed by atoms with Gasteiger partial charge in [0.15, 0.2) is 0 Å². The summed E-state index contributed by atoms with van der Waals surface area (Å²) >= 11 is 0. The van der Waals surface area contributed by atoms with Crippen molar-refractivity contribution in [2.75, 3.05) is 20.7 Å². The van der Waals surface area contributed by atoms with Gasteiger partial charge in [-0.05, 0) is 31.2 Å². The van der Waals surface area contributed by atoms with Crippen molar-refractivity contribution in [2.24, 2.45) is 5.73 Å². The number of nitrogens with zero attached hydrogens (tertiary/aromatic N) is 1. The second-order valence-corrected chi connectivity index (χ2v) is 4.06. The van der Waals surface area contributed by atoms with Crippen LogP contribution in [0.5, 0.6) is 5.75 Å². The van der Waals surface area contributed by atoms with E-state index in [1.165, 1.54) is 5.56 Å². The Kier molecular flexibility index (Phi) is 5.29. The molecule has 0 heterocycles. The van der Waals surface area contributed by atoms with E-state index in [1.807, 2.05) is 12.1 Å². The molecule has 1 aromatic carbocycles. The Morgan fingerprint density at radius 3 is 2.75 bits per heavy atom. The Morgan fingerprint density at radius 1 is 1.44 bits per heavy atom. The summed E-state index contributed by atoms with van der Waals surface area (Å²) in [6.45, 7) is 3.78. The molecule has 0 aliphatic carbocycles. The molecule has 1 atom stereocenters. The quantitative estimate of drug-likeness (QED) is 0.798. The van der Waals surface area contributed by atoms with Gasteiger partial charge in [0, 0.05) is 19.1 Å². The molecule has 3 heteroatoms. The molecule has 0 aliphatic heterocycles. The molecule has 0 radical (unpaired) electrons. The van der Waals surface area contributed by atoms with Gasteiger partial charge in [-0.25, -0.2) is 0 Å². The van der Waals surface area contributed by atoms with Crippen molar-refractivity contribution in [1.82, 2.24) is 4.90 Å². The van der Waals surface area contributed by atoms with Crippen molar-refractivity contribution < 1.29 is 4.74 Å². The molecule has 0 spiro atoms. The zero-order valence-corrected chi connectivity index (χ0v) is 10.4. The number of ether oxygens (including phenoxy) is 1. The fourth-order valence-electron chi connectivity index (χ4n) is 1.85. The largest absolute Gasteiger partial charge is 0.497 e. The number of hydrogen-bond donors (Lipinski definition) is 1. The Balaban J connectivity index is 2.64. The summed E-state index contributed by atoms with van der Waals surface area (Å²) in [5.41, 5.74) is 6.99. The summed E-state index contributed by atoms with van der Waals surface area (Å²) in [5.74, 6) is 0.909. The molecule has 0 saturated heterocycles. The predicted molar refractivity (Wildman–Crippen MR) is 67.6 cm³/mol. The second kappa shape index (κ2) is 6.51. The van der Waals surface area contributed by atoms with Crippen molar-refractivity contribution in [3.63, 3.8) is 0 Å². The van der Waals surface area contributed by atoms with Crippen LogP contribution in [0.25, 0.3) is 0 Å². The third-order valence-corrected chi connectivity index (χ3v) is 2.93. The van der Waals surface area contributed by atoms with Crippen LogP contribution in [0, 0.1) is 0 Å². The average molecular weight is 222 g/mol. The highest BCUT2D eigenvalue weighted by Gasteiger charge is 2.10.